The predicted octanol–water partition coefficient (Wildman–Crippen LogP) is 0.802. The molecule has 3 rings (SSSR count). The molecule has 0 atom stereocenters. The molecule has 0 aliphatic rings. The fraction of sp³-hybridized carbons (Fsp3) is 0.529. The van der Waals surface area contributed by atoms with Crippen LogP contribution in [0.25, 0.3) is 11.0 Å². The highest BCUT2D eigenvalue weighted by Crippen LogP contribution is 2.17. The van der Waals surface area contributed by atoms with Crippen molar-refractivity contribution < 1.29 is 0 Å². The lowest BCUT2D eigenvalue weighted by Gasteiger charge is -2.12. The van der Waals surface area contributed by atoms with Gasteiger partial charge < -0.3 is 20.5 Å². The third-order valence-electron chi connectivity index (χ3n) is 4.20. The molecule has 0 bridgehead atoms. The van der Waals surface area contributed by atoms with Crippen molar-refractivity contribution in [2.45, 2.75) is 26.8 Å². The van der Waals surface area contributed by atoms with Gasteiger partial charge in [-0.15, -0.1) is 34.2 Å². The third-order valence-corrected chi connectivity index (χ3v) is 4.20. The van der Waals surface area contributed by atoms with Crippen LogP contribution in [0.4, 0.5) is 5.82 Å². The Morgan fingerprint density at radius 1 is 1.17 bits per heavy atom. The molecule has 0 fully saturated rings. The molecule has 0 aliphatic carbocycles. The summed E-state index contributed by atoms with van der Waals surface area (Å²) >= 11 is 0. The normalized spacial score (nSPS) is 11.3. The predicted molar refractivity (Wildman–Crippen MR) is 124 cm³/mol. The average Bonchev–Trinajstić information content (AvgIpc) is 3.32. The summed E-state index contributed by atoms with van der Waals surface area (Å²) in [5.41, 5.74) is 0.802. The molecule has 0 amide bonds. The van der Waals surface area contributed by atoms with Gasteiger partial charge in [-0.2, -0.15) is 5.10 Å². The number of aliphatic imine (C=N–C) groups is 1. The summed E-state index contributed by atoms with van der Waals surface area (Å²) in [5, 5.41) is 23.1. The lowest BCUT2D eigenvalue weighted by molar-refractivity contribution is 0.633. The molecule has 0 radical (unpaired) electrons. The summed E-state index contributed by atoms with van der Waals surface area (Å²) in [6.45, 7) is 7.71. The largest absolute Gasteiger partial charge is 0.367 e. The van der Waals surface area contributed by atoms with Gasteiger partial charge in [0.1, 0.15) is 24.3 Å². The SMILES string of the molecule is CCNC(=NCCNc1ncnc2c1cnn2C)NCCn1cnnc1CC.I. The highest BCUT2D eigenvalue weighted by Gasteiger charge is 2.07. The number of halogens is 1. The second-order valence-corrected chi connectivity index (χ2v) is 6.14. The second-order valence-electron chi connectivity index (χ2n) is 6.14. The Hall–Kier alpha value is -2.51. The number of guanidine groups is 1. The first-order chi connectivity index (χ1) is 13.7. The van der Waals surface area contributed by atoms with Crippen molar-refractivity contribution in [3.8, 4) is 0 Å². The van der Waals surface area contributed by atoms with Gasteiger partial charge in [-0.1, -0.05) is 6.92 Å². The van der Waals surface area contributed by atoms with Gasteiger partial charge in [0, 0.05) is 39.6 Å². The number of fused-ring (bicyclic) bond motifs is 1. The monoisotopic (exact) mass is 513 g/mol. The Bertz CT molecular complexity index is 917. The van der Waals surface area contributed by atoms with E-state index in [2.05, 4.69) is 53.1 Å². The first-order valence-electron chi connectivity index (χ1n) is 9.48. The molecule has 158 valence electrons. The maximum Gasteiger partial charge on any atom is 0.191 e. The molecule has 3 aromatic rings. The molecule has 3 N–H and O–H groups in total. The van der Waals surface area contributed by atoms with Crippen LogP contribution >= 0.6 is 24.0 Å². The Morgan fingerprint density at radius 2 is 2.03 bits per heavy atom. The van der Waals surface area contributed by atoms with E-state index in [1.165, 1.54) is 6.33 Å². The Kier molecular flexibility index (Phi) is 9.02. The summed E-state index contributed by atoms with van der Waals surface area (Å²) in [4.78, 5) is 13.1. The summed E-state index contributed by atoms with van der Waals surface area (Å²) in [5.74, 6) is 2.54. The van der Waals surface area contributed by atoms with Crippen LogP contribution < -0.4 is 16.0 Å². The molecular weight excluding hydrogens is 485 g/mol. The van der Waals surface area contributed by atoms with Gasteiger partial charge in [0.25, 0.3) is 0 Å². The number of nitrogens with zero attached hydrogens (tertiary/aromatic N) is 8. The zero-order valence-electron chi connectivity index (χ0n) is 17.0. The Balaban J connectivity index is 0.00000300. The molecular formula is C17H28IN11. The first-order valence-corrected chi connectivity index (χ1v) is 9.48. The van der Waals surface area contributed by atoms with Gasteiger partial charge in [-0.25, -0.2) is 9.97 Å². The minimum absolute atomic E-state index is 0. The number of aryl methyl sites for hydroxylation is 2. The van der Waals surface area contributed by atoms with Crippen LogP contribution in [0.2, 0.25) is 0 Å². The Morgan fingerprint density at radius 3 is 2.83 bits per heavy atom. The Labute approximate surface area is 186 Å². The van der Waals surface area contributed by atoms with Crippen LogP contribution in [0.3, 0.4) is 0 Å². The molecule has 12 heteroatoms. The van der Waals surface area contributed by atoms with Crippen molar-refractivity contribution in [2.24, 2.45) is 12.0 Å². The number of aromatic nitrogens is 7. The zero-order chi connectivity index (χ0) is 19.8. The van der Waals surface area contributed by atoms with E-state index in [1.807, 2.05) is 18.5 Å². The van der Waals surface area contributed by atoms with Crippen molar-refractivity contribution in [3.05, 3.63) is 24.7 Å². The molecule has 0 aromatic carbocycles. The van der Waals surface area contributed by atoms with Crippen LogP contribution in [0.15, 0.2) is 23.8 Å². The van der Waals surface area contributed by atoms with Crippen molar-refractivity contribution >= 4 is 46.8 Å². The average molecular weight is 513 g/mol. The summed E-state index contributed by atoms with van der Waals surface area (Å²) in [6.07, 6.45) is 5.93. The van der Waals surface area contributed by atoms with E-state index in [0.29, 0.717) is 13.1 Å². The standard InChI is InChI=1S/C17H27N11.HI/c1-4-14-26-24-12-28(14)9-8-21-17(18-5-2)20-7-6-19-15-13-10-25-27(3)16(13)23-11-22-15;/h10-12H,4-9H2,1-3H3,(H2,18,20,21)(H,19,22,23);1H. The van der Waals surface area contributed by atoms with Crippen LogP contribution in [-0.4, -0.2) is 66.7 Å². The topological polar surface area (TPSA) is 123 Å². The van der Waals surface area contributed by atoms with Crippen molar-refractivity contribution in [1.29, 1.82) is 0 Å². The summed E-state index contributed by atoms with van der Waals surface area (Å²) < 4.78 is 3.78. The minimum atomic E-state index is 0. The van der Waals surface area contributed by atoms with E-state index in [9.17, 15) is 0 Å². The fourth-order valence-corrected chi connectivity index (χ4v) is 2.82. The van der Waals surface area contributed by atoms with Gasteiger partial charge in [0.2, 0.25) is 0 Å². The maximum absolute atomic E-state index is 4.60. The van der Waals surface area contributed by atoms with Gasteiger partial charge in [0.05, 0.1) is 18.1 Å². The highest BCUT2D eigenvalue weighted by atomic mass is 127. The lowest BCUT2D eigenvalue weighted by atomic mass is 10.4. The van der Waals surface area contributed by atoms with Crippen LogP contribution in [0.5, 0.6) is 0 Å². The van der Waals surface area contributed by atoms with E-state index in [1.54, 1.807) is 17.2 Å². The van der Waals surface area contributed by atoms with Crippen LogP contribution in [0, 0.1) is 0 Å². The van der Waals surface area contributed by atoms with E-state index in [-0.39, 0.29) is 24.0 Å². The zero-order valence-corrected chi connectivity index (χ0v) is 19.3. The lowest BCUT2D eigenvalue weighted by Crippen LogP contribution is -2.39. The molecule has 0 aliphatic heterocycles. The molecule has 11 nitrogen and oxygen atoms in total. The van der Waals surface area contributed by atoms with E-state index in [4.69, 9.17) is 0 Å². The molecule has 0 saturated carbocycles. The molecule has 0 spiro atoms. The second kappa shape index (κ2) is 11.5. The van der Waals surface area contributed by atoms with Crippen molar-refractivity contribution in [2.75, 3.05) is 31.5 Å². The highest BCUT2D eigenvalue weighted by molar-refractivity contribution is 14.0. The number of nitrogens with one attached hydrogen (secondary N) is 3. The third kappa shape index (κ3) is 5.98. The number of rotatable bonds is 9. The number of hydrogen-bond donors (Lipinski definition) is 3. The van der Waals surface area contributed by atoms with Crippen molar-refractivity contribution in [3.63, 3.8) is 0 Å². The molecule has 3 heterocycles. The minimum Gasteiger partial charge on any atom is -0.367 e. The van der Waals surface area contributed by atoms with Gasteiger partial charge in [-0.3, -0.25) is 9.67 Å². The summed E-state index contributed by atoms with van der Waals surface area (Å²) in [7, 11) is 1.86. The molecule has 3 aromatic heterocycles. The number of hydrogen-bond acceptors (Lipinski definition) is 7. The van der Waals surface area contributed by atoms with Crippen LogP contribution in [-0.2, 0) is 20.0 Å². The maximum atomic E-state index is 4.60. The van der Waals surface area contributed by atoms with E-state index < -0.39 is 0 Å². The molecule has 0 saturated heterocycles. The van der Waals surface area contributed by atoms with Gasteiger partial charge in [0.15, 0.2) is 11.6 Å². The smallest absolute Gasteiger partial charge is 0.191 e. The van der Waals surface area contributed by atoms with E-state index in [0.717, 1.165) is 54.7 Å². The fourth-order valence-electron chi connectivity index (χ4n) is 2.82. The van der Waals surface area contributed by atoms with Crippen LogP contribution in [0.1, 0.15) is 19.7 Å². The van der Waals surface area contributed by atoms with Gasteiger partial charge >= 0.3 is 0 Å². The molecule has 29 heavy (non-hydrogen) atoms. The van der Waals surface area contributed by atoms with E-state index >= 15 is 0 Å². The quantitative estimate of drug-likeness (QED) is 0.166. The van der Waals surface area contributed by atoms with Crippen molar-refractivity contribution in [1.82, 2.24) is 45.1 Å². The first kappa shape index (κ1) is 22.8. The molecule has 0 unspecified atom stereocenters. The number of anilines is 1. The summed E-state index contributed by atoms with van der Waals surface area (Å²) in [6, 6.07) is 0. The van der Waals surface area contributed by atoms with Gasteiger partial charge in [-0.05, 0) is 6.92 Å².